The number of hydrogen-bond acceptors (Lipinski definition) is 4. The van der Waals surface area contributed by atoms with Crippen molar-refractivity contribution in [3.8, 4) is 11.3 Å². The third-order valence-corrected chi connectivity index (χ3v) is 6.21. The predicted octanol–water partition coefficient (Wildman–Crippen LogP) is 1.37. The fraction of sp³-hybridized carbons (Fsp3) is 0.474. The van der Waals surface area contributed by atoms with Gasteiger partial charge in [-0.05, 0) is 17.9 Å². The van der Waals surface area contributed by atoms with Gasteiger partial charge < -0.3 is 15.2 Å². The van der Waals surface area contributed by atoms with Crippen molar-refractivity contribution in [1.82, 2.24) is 24.5 Å². The third-order valence-electron chi connectivity index (χ3n) is 4.94. The third kappa shape index (κ3) is 5.11. The Hall–Kier alpha value is -2.39. The fourth-order valence-corrected chi connectivity index (χ4v) is 4.31. The van der Waals surface area contributed by atoms with Gasteiger partial charge in [-0.15, -0.1) is 0 Å². The molecule has 1 aliphatic rings. The summed E-state index contributed by atoms with van der Waals surface area (Å²) < 4.78 is 24.8. The molecule has 1 fully saturated rings. The quantitative estimate of drug-likeness (QED) is 0.560. The number of nitrogens with zero attached hydrogens (tertiary/aromatic N) is 4. The van der Waals surface area contributed by atoms with Gasteiger partial charge >= 0.3 is 0 Å². The average molecular weight is 405 g/mol. The highest BCUT2D eigenvalue weighted by Gasteiger charge is 2.28. The normalized spacial score (nSPS) is 18.4. The van der Waals surface area contributed by atoms with Crippen LogP contribution in [-0.4, -0.2) is 73.5 Å². The van der Waals surface area contributed by atoms with E-state index in [0.29, 0.717) is 26.2 Å². The Morgan fingerprint density at radius 2 is 2.14 bits per heavy atom. The zero-order chi connectivity index (χ0) is 20.1. The summed E-state index contributed by atoms with van der Waals surface area (Å²) in [6, 6.07) is 10.1. The number of rotatable bonds is 6. The van der Waals surface area contributed by atoms with Gasteiger partial charge in [-0.3, -0.25) is 4.99 Å². The van der Waals surface area contributed by atoms with Crippen molar-refractivity contribution in [2.24, 2.45) is 10.9 Å². The lowest BCUT2D eigenvalue weighted by Crippen LogP contribution is -2.41. The van der Waals surface area contributed by atoms with Gasteiger partial charge in [0, 0.05) is 33.7 Å². The van der Waals surface area contributed by atoms with E-state index in [9.17, 15) is 8.42 Å². The standard InChI is InChI=1S/C19H28N6O2S/c1-20-19(22-11-15-9-10-25(13-15)28(3,26)27)24(2)14-18-21-12-17(23-18)16-7-5-4-6-8-16/h4-8,12,15H,9-11,13-14H2,1-3H3,(H,20,22)(H,21,23). The Labute approximate surface area is 166 Å². The maximum Gasteiger partial charge on any atom is 0.211 e. The molecule has 8 nitrogen and oxygen atoms in total. The highest BCUT2D eigenvalue weighted by Crippen LogP contribution is 2.18. The monoisotopic (exact) mass is 404 g/mol. The van der Waals surface area contributed by atoms with Gasteiger partial charge in [0.05, 0.1) is 24.7 Å². The summed E-state index contributed by atoms with van der Waals surface area (Å²) in [7, 11) is 0.595. The molecule has 1 atom stereocenters. The van der Waals surface area contributed by atoms with Crippen LogP contribution in [0.1, 0.15) is 12.2 Å². The number of imidazole rings is 1. The number of sulfonamides is 1. The minimum absolute atomic E-state index is 0.285. The Balaban J connectivity index is 1.53. The molecule has 2 aromatic rings. The molecule has 1 saturated heterocycles. The topological polar surface area (TPSA) is 93.7 Å². The van der Waals surface area contributed by atoms with E-state index in [0.717, 1.165) is 29.5 Å². The van der Waals surface area contributed by atoms with Gasteiger partial charge in [0.2, 0.25) is 10.0 Å². The molecular formula is C19H28N6O2S. The number of H-pyrrole nitrogens is 1. The van der Waals surface area contributed by atoms with E-state index >= 15 is 0 Å². The first-order valence-corrected chi connectivity index (χ1v) is 11.2. The second-order valence-electron chi connectivity index (χ2n) is 7.17. The van der Waals surface area contributed by atoms with Gasteiger partial charge in [0.15, 0.2) is 5.96 Å². The number of benzene rings is 1. The van der Waals surface area contributed by atoms with E-state index in [4.69, 9.17) is 0 Å². The summed E-state index contributed by atoms with van der Waals surface area (Å²) in [5.41, 5.74) is 2.09. The van der Waals surface area contributed by atoms with Gasteiger partial charge in [0.1, 0.15) is 5.82 Å². The predicted molar refractivity (Wildman–Crippen MR) is 111 cm³/mol. The van der Waals surface area contributed by atoms with Crippen molar-refractivity contribution in [2.45, 2.75) is 13.0 Å². The van der Waals surface area contributed by atoms with E-state index in [-0.39, 0.29) is 5.92 Å². The Morgan fingerprint density at radius 3 is 2.79 bits per heavy atom. The summed E-state index contributed by atoms with van der Waals surface area (Å²) in [6.45, 7) is 2.43. The first-order chi connectivity index (χ1) is 13.4. The average Bonchev–Trinajstić information content (AvgIpc) is 3.32. The van der Waals surface area contributed by atoms with Crippen LogP contribution in [0, 0.1) is 5.92 Å². The number of aromatic amines is 1. The molecule has 0 saturated carbocycles. The van der Waals surface area contributed by atoms with Crippen LogP contribution >= 0.6 is 0 Å². The Bertz CT molecular complexity index is 910. The van der Waals surface area contributed by atoms with E-state index in [2.05, 4.69) is 20.3 Å². The van der Waals surface area contributed by atoms with Gasteiger partial charge in [-0.1, -0.05) is 30.3 Å². The zero-order valence-electron chi connectivity index (χ0n) is 16.6. The Kier molecular flexibility index (Phi) is 6.35. The maximum atomic E-state index is 11.7. The van der Waals surface area contributed by atoms with Gasteiger partial charge in [-0.25, -0.2) is 17.7 Å². The van der Waals surface area contributed by atoms with Crippen LogP contribution in [0.3, 0.4) is 0 Å². The number of hydrogen-bond donors (Lipinski definition) is 2. The summed E-state index contributed by atoms with van der Waals surface area (Å²) in [5, 5.41) is 3.35. The number of aliphatic imine (C=N–C) groups is 1. The molecule has 0 aliphatic carbocycles. The van der Waals surface area contributed by atoms with Gasteiger partial charge in [-0.2, -0.15) is 0 Å². The van der Waals surface area contributed by atoms with Crippen molar-refractivity contribution in [3.05, 3.63) is 42.4 Å². The van der Waals surface area contributed by atoms with Crippen LogP contribution < -0.4 is 5.32 Å². The molecule has 0 bridgehead atoms. The van der Waals surface area contributed by atoms with Crippen molar-refractivity contribution >= 4 is 16.0 Å². The van der Waals surface area contributed by atoms with E-state index in [1.807, 2.05) is 48.5 Å². The van der Waals surface area contributed by atoms with Crippen molar-refractivity contribution in [3.63, 3.8) is 0 Å². The molecule has 0 radical (unpaired) electrons. The highest BCUT2D eigenvalue weighted by molar-refractivity contribution is 7.88. The molecule has 0 amide bonds. The summed E-state index contributed by atoms with van der Waals surface area (Å²) >= 11 is 0. The van der Waals surface area contributed by atoms with Crippen LogP contribution in [-0.2, 0) is 16.6 Å². The second-order valence-corrected chi connectivity index (χ2v) is 9.15. The van der Waals surface area contributed by atoms with E-state index in [1.54, 1.807) is 11.4 Å². The summed E-state index contributed by atoms with van der Waals surface area (Å²) in [4.78, 5) is 14.2. The minimum atomic E-state index is -3.10. The molecule has 1 aromatic heterocycles. The largest absolute Gasteiger partial charge is 0.356 e. The molecule has 1 unspecified atom stereocenters. The van der Waals surface area contributed by atoms with Crippen LogP contribution in [0.25, 0.3) is 11.3 Å². The first-order valence-electron chi connectivity index (χ1n) is 9.33. The molecular weight excluding hydrogens is 376 g/mol. The summed E-state index contributed by atoms with van der Waals surface area (Å²) in [5.74, 6) is 1.90. The van der Waals surface area contributed by atoms with Crippen LogP contribution in [0.4, 0.5) is 0 Å². The fourth-order valence-electron chi connectivity index (χ4n) is 3.39. The van der Waals surface area contributed by atoms with Crippen LogP contribution in [0.15, 0.2) is 41.5 Å². The first kappa shape index (κ1) is 20.3. The lowest BCUT2D eigenvalue weighted by molar-refractivity contribution is 0.438. The number of nitrogens with one attached hydrogen (secondary N) is 2. The van der Waals surface area contributed by atoms with Crippen molar-refractivity contribution in [2.75, 3.05) is 40.0 Å². The summed E-state index contributed by atoms with van der Waals surface area (Å²) in [6.07, 6.45) is 3.97. The molecule has 3 rings (SSSR count). The molecule has 2 N–H and O–H groups in total. The zero-order valence-corrected chi connectivity index (χ0v) is 17.4. The minimum Gasteiger partial charge on any atom is -0.356 e. The lowest BCUT2D eigenvalue weighted by Gasteiger charge is -2.22. The van der Waals surface area contributed by atoms with E-state index in [1.165, 1.54) is 6.26 Å². The molecule has 0 spiro atoms. The SMILES string of the molecule is CN=C(NCC1CCN(S(C)(=O)=O)C1)N(C)Cc1ncc(-c2ccccc2)[nH]1. The number of aromatic nitrogens is 2. The molecule has 28 heavy (non-hydrogen) atoms. The molecule has 9 heteroatoms. The molecule has 1 aromatic carbocycles. The van der Waals surface area contributed by atoms with Crippen LogP contribution in [0.2, 0.25) is 0 Å². The van der Waals surface area contributed by atoms with Crippen molar-refractivity contribution in [1.29, 1.82) is 0 Å². The molecule has 152 valence electrons. The Morgan fingerprint density at radius 1 is 1.39 bits per heavy atom. The van der Waals surface area contributed by atoms with Crippen LogP contribution in [0.5, 0.6) is 0 Å². The van der Waals surface area contributed by atoms with E-state index < -0.39 is 10.0 Å². The number of guanidine groups is 1. The van der Waals surface area contributed by atoms with Gasteiger partial charge in [0.25, 0.3) is 0 Å². The smallest absolute Gasteiger partial charge is 0.211 e. The molecule has 1 aliphatic heterocycles. The maximum absolute atomic E-state index is 11.7. The second kappa shape index (κ2) is 8.74. The lowest BCUT2D eigenvalue weighted by atomic mass is 10.1. The van der Waals surface area contributed by atoms with Crippen molar-refractivity contribution < 1.29 is 8.42 Å². The highest BCUT2D eigenvalue weighted by atomic mass is 32.2. The molecule has 2 heterocycles.